The number of pyridine rings is 1. The van der Waals surface area contributed by atoms with Gasteiger partial charge in [0.2, 0.25) is 0 Å². The standard InChI is InChI=1S/C33H24N4S/c1-21-9-12-25(13-10-21)37(26-14-11-22-7-5-6-8-23(22)15-26)31-18-29-28(20-36-31)32-30(33(29,2)3)17-27(38-32)16-24(19-34)35-4/h5-18,20H,1-3H3/b24-16-. The molecule has 0 unspecified atom stereocenters. The fourth-order valence-corrected chi connectivity index (χ4v) is 6.48. The first-order valence-corrected chi connectivity index (χ1v) is 13.2. The topological polar surface area (TPSA) is 44.3 Å². The van der Waals surface area contributed by atoms with Crippen molar-refractivity contribution in [1.82, 2.24) is 4.98 Å². The van der Waals surface area contributed by atoms with Gasteiger partial charge in [0.15, 0.2) is 0 Å². The first-order valence-electron chi connectivity index (χ1n) is 12.4. The number of hydrogen-bond acceptors (Lipinski definition) is 4. The highest BCUT2D eigenvalue weighted by Crippen LogP contribution is 2.53. The summed E-state index contributed by atoms with van der Waals surface area (Å²) >= 11 is 1.61. The van der Waals surface area contributed by atoms with Crippen molar-refractivity contribution < 1.29 is 0 Å². The van der Waals surface area contributed by atoms with Crippen LogP contribution in [0.25, 0.3) is 32.1 Å². The van der Waals surface area contributed by atoms with Gasteiger partial charge in [-0.2, -0.15) is 0 Å². The lowest BCUT2D eigenvalue weighted by molar-refractivity contribution is 0.661. The van der Waals surface area contributed by atoms with E-state index in [2.05, 4.69) is 109 Å². The van der Waals surface area contributed by atoms with Crippen molar-refractivity contribution in [1.29, 1.82) is 5.26 Å². The third-order valence-corrected chi connectivity index (χ3v) is 8.37. The first-order chi connectivity index (χ1) is 18.4. The predicted octanol–water partition coefficient (Wildman–Crippen LogP) is 9.16. The minimum Gasteiger partial charge on any atom is -0.295 e. The second-order valence-electron chi connectivity index (χ2n) is 10.1. The predicted molar refractivity (Wildman–Crippen MR) is 157 cm³/mol. The Kier molecular flexibility index (Phi) is 5.60. The van der Waals surface area contributed by atoms with Gasteiger partial charge in [-0.25, -0.2) is 15.1 Å². The average Bonchev–Trinajstić information content (AvgIpc) is 3.45. The zero-order valence-corrected chi connectivity index (χ0v) is 22.2. The van der Waals surface area contributed by atoms with E-state index in [4.69, 9.17) is 11.6 Å². The van der Waals surface area contributed by atoms with Crippen molar-refractivity contribution in [3.05, 3.63) is 124 Å². The van der Waals surface area contributed by atoms with Gasteiger partial charge in [-0.1, -0.05) is 61.9 Å². The first kappa shape index (κ1) is 23.7. The van der Waals surface area contributed by atoms with Crippen molar-refractivity contribution in [2.45, 2.75) is 26.2 Å². The second kappa shape index (κ2) is 8.99. The van der Waals surface area contributed by atoms with Crippen molar-refractivity contribution in [2.75, 3.05) is 4.90 Å². The van der Waals surface area contributed by atoms with Crippen LogP contribution in [0.1, 0.15) is 35.4 Å². The summed E-state index contributed by atoms with van der Waals surface area (Å²) in [5.41, 5.74) is 6.73. The molecule has 2 heterocycles. The largest absolute Gasteiger partial charge is 0.295 e. The SMILES string of the molecule is [C-]#[N+]/C(C#N)=C\c1cc2c(s1)-c1cnc(N(c3ccc(C)cc3)c3ccc4ccccc4c3)cc1C2(C)C. The Morgan fingerprint density at radius 3 is 2.45 bits per heavy atom. The summed E-state index contributed by atoms with van der Waals surface area (Å²) in [5, 5.41) is 11.6. The van der Waals surface area contributed by atoms with Gasteiger partial charge in [-0.15, -0.1) is 11.3 Å². The van der Waals surface area contributed by atoms with E-state index in [-0.39, 0.29) is 11.1 Å². The molecule has 0 saturated carbocycles. The maximum atomic E-state index is 9.20. The van der Waals surface area contributed by atoms with Crippen LogP contribution in [-0.4, -0.2) is 4.98 Å². The van der Waals surface area contributed by atoms with Crippen LogP contribution in [0.2, 0.25) is 0 Å². The summed E-state index contributed by atoms with van der Waals surface area (Å²) in [4.78, 5) is 12.6. The Labute approximate surface area is 226 Å². The maximum absolute atomic E-state index is 9.20. The van der Waals surface area contributed by atoms with Crippen LogP contribution in [0.3, 0.4) is 0 Å². The Balaban J connectivity index is 1.49. The van der Waals surface area contributed by atoms with Crippen molar-refractivity contribution in [3.8, 4) is 16.5 Å². The minimum absolute atomic E-state index is 0.0977. The molecule has 0 saturated heterocycles. The van der Waals surface area contributed by atoms with Gasteiger partial charge in [0.1, 0.15) is 5.82 Å². The van der Waals surface area contributed by atoms with Gasteiger partial charge < -0.3 is 0 Å². The molecule has 4 nitrogen and oxygen atoms in total. The molecule has 6 rings (SSSR count). The van der Waals surface area contributed by atoms with Crippen LogP contribution in [0.4, 0.5) is 17.2 Å². The van der Waals surface area contributed by atoms with Gasteiger partial charge in [0.25, 0.3) is 5.70 Å². The normalized spacial score (nSPS) is 13.4. The molecule has 0 fully saturated rings. The number of aryl methyl sites for hydroxylation is 1. The van der Waals surface area contributed by atoms with Crippen molar-refractivity contribution >= 4 is 45.4 Å². The van der Waals surface area contributed by atoms with Gasteiger partial charge in [0, 0.05) is 38.3 Å². The minimum atomic E-state index is -0.238. The average molecular weight is 509 g/mol. The third kappa shape index (κ3) is 3.86. The second-order valence-corrected chi connectivity index (χ2v) is 11.1. The monoisotopic (exact) mass is 508 g/mol. The smallest absolute Gasteiger partial charge is 0.263 e. The fourth-order valence-electron chi connectivity index (χ4n) is 5.20. The molecule has 0 amide bonds. The molecule has 0 aliphatic heterocycles. The highest BCUT2D eigenvalue weighted by molar-refractivity contribution is 7.16. The number of anilines is 3. The number of nitrogens with zero attached hydrogens (tertiary/aromatic N) is 4. The van der Waals surface area contributed by atoms with E-state index in [1.807, 2.05) is 12.3 Å². The van der Waals surface area contributed by atoms with Gasteiger partial charge >= 0.3 is 0 Å². The van der Waals surface area contributed by atoms with Gasteiger partial charge in [-0.3, -0.25) is 4.90 Å². The zero-order valence-electron chi connectivity index (χ0n) is 21.4. The van der Waals surface area contributed by atoms with E-state index in [0.29, 0.717) is 0 Å². The van der Waals surface area contributed by atoms with Crippen LogP contribution in [0, 0.1) is 24.8 Å². The molecule has 3 aromatic carbocycles. The number of fused-ring (bicyclic) bond motifs is 4. The van der Waals surface area contributed by atoms with Gasteiger partial charge in [-0.05, 0) is 71.3 Å². The summed E-state index contributed by atoms with van der Waals surface area (Å²) in [7, 11) is 0. The molecule has 0 radical (unpaired) electrons. The molecule has 0 spiro atoms. The molecule has 5 aromatic rings. The molecular weight excluding hydrogens is 484 g/mol. The summed E-state index contributed by atoms with van der Waals surface area (Å²) < 4.78 is 0. The van der Waals surface area contributed by atoms with Crippen LogP contribution in [0.15, 0.2) is 90.8 Å². The molecule has 182 valence electrons. The number of aromatic nitrogens is 1. The number of benzene rings is 3. The Morgan fingerprint density at radius 2 is 1.71 bits per heavy atom. The van der Waals surface area contributed by atoms with E-state index >= 15 is 0 Å². The number of nitriles is 1. The lowest BCUT2D eigenvalue weighted by Crippen LogP contribution is -2.17. The molecule has 0 atom stereocenters. The van der Waals surface area contributed by atoms with Crippen LogP contribution >= 0.6 is 11.3 Å². The quantitative estimate of drug-likeness (QED) is 0.180. The van der Waals surface area contributed by atoms with Crippen molar-refractivity contribution in [2.24, 2.45) is 0 Å². The summed E-state index contributed by atoms with van der Waals surface area (Å²) in [6.45, 7) is 13.8. The highest BCUT2D eigenvalue weighted by Gasteiger charge is 2.38. The summed E-state index contributed by atoms with van der Waals surface area (Å²) in [6, 6.07) is 29.8. The lowest BCUT2D eigenvalue weighted by Gasteiger charge is -2.27. The Morgan fingerprint density at radius 1 is 0.974 bits per heavy atom. The lowest BCUT2D eigenvalue weighted by atomic mass is 9.83. The molecular formula is C33H24N4S. The zero-order chi connectivity index (χ0) is 26.4. The number of rotatable bonds is 4. The number of thiophene rings is 1. The number of allylic oxidation sites excluding steroid dienone is 1. The molecule has 5 heteroatoms. The molecule has 1 aliphatic rings. The Hall–Kier alpha value is -4.71. The van der Waals surface area contributed by atoms with E-state index in [1.54, 1.807) is 17.4 Å². The highest BCUT2D eigenvalue weighted by atomic mass is 32.1. The van der Waals surface area contributed by atoms with Crippen molar-refractivity contribution in [3.63, 3.8) is 0 Å². The summed E-state index contributed by atoms with van der Waals surface area (Å²) in [5.74, 6) is 0.867. The van der Waals surface area contributed by atoms with Gasteiger partial charge in [0.05, 0.1) is 12.6 Å². The van der Waals surface area contributed by atoms with Crippen LogP contribution in [0.5, 0.6) is 0 Å². The van der Waals surface area contributed by atoms with E-state index < -0.39 is 0 Å². The maximum Gasteiger partial charge on any atom is 0.263 e. The van der Waals surface area contributed by atoms with Crippen LogP contribution < -0.4 is 4.90 Å². The number of hydrogen-bond donors (Lipinski definition) is 0. The fraction of sp³-hybridized carbons (Fsp3) is 0.121. The molecule has 38 heavy (non-hydrogen) atoms. The Bertz CT molecular complexity index is 1810. The molecule has 1 aliphatic carbocycles. The molecule has 0 N–H and O–H groups in total. The molecule has 0 bridgehead atoms. The van der Waals surface area contributed by atoms with Crippen LogP contribution in [-0.2, 0) is 5.41 Å². The van der Waals surface area contributed by atoms with E-state index in [9.17, 15) is 5.26 Å². The third-order valence-electron chi connectivity index (χ3n) is 7.26. The summed E-state index contributed by atoms with van der Waals surface area (Å²) in [6.07, 6.45) is 3.65. The van der Waals surface area contributed by atoms with E-state index in [0.717, 1.165) is 32.5 Å². The van der Waals surface area contributed by atoms with E-state index in [1.165, 1.54) is 27.5 Å². The molecule has 2 aromatic heterocycles.